The Labute approximate surface area is 108 Å². The Balaban J connectivity index is 2.26. The molecule has 2 rings (SSSR count). The van der Waals surface area contributed by atoms with Gasteiger partial charge in [-0.3, -0.25) is 0 Å². The molecule has 0 amide bonds. The van der Waals surface area contributed by atoms with Crippen LogP contribution in [0, 0.1) is 19.7 Å². The lowest BCUT2D eigenvalue weighted by Crippen LogP contribution is -2.11. The van der Waals surface area contributed by atoms with E-state index < -0.39 is 5.82 Å². The molecule has 1 N–H and O–H groups in total. The molecule has 7 heteroatoms. The van der Waals surface area contributed by atoms with Crippen LogP contribution in [-0.4, -0.2) is 15.1 Å². The highest BCUT2D eigenvalue weighted by Gasteiger charge is 2.18. The molecule has 0 bridgehead atoms. The van der Waals surface area contributed by atoms with E-state index in [4.69, 9.17) is 16.1 Å². The zero-order valence-corrected chi connectivity index (χ0v) is 10.9. The second-order valence-electron chi connectivity index (χ2n) is 3.94. The Hall–Kier alpha value is -1.69. The number of nitrogens with one attached hydrogen (secondary N) is 1. The second kappa shape index (κ2) is 4.89. The molecule has 2 aromatic rings. The molecule has 0 spiro atoms. The van der Waals surface area contributed by atoms with Crippen molar-refractivity contribution < 1.29 is 8.91 Å². The summed E-state index contributed by atoms with van der Waals surface area (Å²) in [6.45, 7) is 5.49. The third-order valence-corrected chi connectivity index (χ3v) is 2.77. The van der Waals surface area contributed by atoms with E-state index in [1.807, 2.05) is 13.8 Å². The molecule has 96 valence electrons. The van der Waals surface area contributed by atoms with Gasteiger partial charge in [0.05, 0.1) is 17.9 Å². The van der Waals surface area contributed by atoms with Gasteiger partial charge in [0.2, 0.25) is 5.28 Å². The number of halogens is 2. The van der Waals surface area contributed by atoms with Gasteiger partial charge in [-0.15, -0.1) is 0 Å². The highest BCUT2D eigenvalue weighted by molar-refractivity contribution is 6.28. The minimum absolute atomic E-state index is 0.00939. The summed E-state index contributed by atoms with van der Waals surface area (Å²) in [4.78, 5) is 7.35. The maximum Gasteiger partial charge on any atom is 0.224 e. The molecule has 0 saturated carbocycles. The van der Waals surface area contributed by atoms with Crippen molar-refractivity contribution in [1.82, 2.24) is 15.1 Å². The first kappa shape index (κ1) is 12.8. The number of rotatable bonds is 3. The summed E-state index contributed by atoms with van der Waals surface area (Å²) in [6.07, 6.45) is 1.03. The van der Waals surface area contributed by atoms with Crippen molar-refractivity contribution in [2.24, 2.45) is 0 Å². The van der Waals surface area contributed by atoms with Crippen molar-refractivity contribution in [1.29, 1.82) is 0 Å². The van der Waals surface area contributed by atoms with Gasteiger partial charge in [0.25, 0.3) is 0 Å². The normalized spacial score (nSPS) is 12.5. The molecular weight excluding hydrogens is 259 g/mol. The van der Waals surface area contributed by atoms with Gasteiger partial charge in [-0.1, -0.05) is 5.16 Å². The quantitative estimate of drug-likeness (QED) is 0.869. The lowest BCUT2D eigenvalue weighted by Gasteiger charge is -2.14. The fourth-order valence-corrected chi connectivity index (χ4v) is 1.97. The van der Waals surface area contributed by atoms with Crippen LogP contribution in [0.3, 0.4) is 0 Å². The fraction of sp³-hybridized carbons (Fsp3) is 0.364. The van der Waals surface area contributed by atoms with Gasteiger partial charge in [0.1, 0.15) is 5.76 Å². The van der Waals surface area contributed by atoms with Crippen molar-refractivity contribution in [3.05, 3.63) is 34.3 Å². The van der Waals surface area contributed by atoms with Crippen LogP contribution in [0.25, 0.3) is 0 Å². The van der Waals surface area contributed by atoms with Crippen molar-refractivity contribution in [2.45, 2.75) is 26.8 Å². The molecule has 2 heterocycles. The molecule has 1 unspecified atom stereocenters. The van der Waals surface area contributed by atoms with E-state index in [1.54, 1.807) is 6.92 Å². The SMILES string of the molecule is Cc1noc(C)c1C(C)Nc1nc(Cl)ncc1F. The second-order valence-corrected chi connectivity index (χ2v) is 4.28. The lowest BCUT2D eigenvalue weighted by atomic mass is 10.1. The smallest absolute Gasteiger partial charge is 0.224 e. The van der Waals surface area contributed by atoms with Crippen LogP contribution in [0.2, 0.25) is 5.28 Å². The van der Waals surface area contributed by atoms with Crippen LogP contribution >= 0.6 is 11.6 Å². The van der Waals surface area contributed by atoms with E-state index in [2.05, 4.69) is 20.4 Å². The van der Waals surface area contributed by atoms with E-state index in [-0.39, 0.29) is 17.1 Å². The van der Waals surface area contributed by atoms with Crippen LogP contribution in [0.15, 0.2) is 10.7 Å². The zero-order valence-electron chi connectivity index (χ0n) is 10.2. The molecule has 5 nitrogen and oxygen atoms in total. The standard InChI is InChI=1S/C11H12ClFN4O/c1-5(9-6(2)17-18-7(9)3)15-10-8(13)4-14-11(12)16-10/h4-5H,1-3H3,(H,14,15,16). The average Bonchev–Trinajstić information content (AvgIpc) is 2.63. The summed E-state index contributed by atoms with van der Waals surface area (Å²) in [5, 5.41) is 6.77. The van der Waals surface area contributed by atoms with Crippen molar-refractivity contribution in [2.75, 3.05) is 5.32 Å². The summed E-state index contributed by atoms with van der Waals surface area (Å²) >= 11 is 5.63. The molecule has 18 heavy (non-hydrogen) atoms. The first-order valence-electron chi connectivity index (χ1n) is 5.36. The Kier molecular flexibility index (Phi) is 3.47. The number of aryl methyl sites for hydroxylation is 2. The number of aromatic nitrogens is 3. The van der Waals surface area contributed by atoms with Gasteiger partial charge in [0.15, 0.2) is 11.6 Å². The molecule has 0 aromatic carbocycles. The third kappa shape index (κ3) is 2.43. The number of anilines is 1. The van der Waals surface area contributed by atoms with Gasteiger partial charge in [-0.05, 0) is 32.4 Å². The highest BCUT2D eigenvalue weighted by atomic mass is 35.5. The Bertz CT molecular complexity index is 553. The van der Waals surface area contributed by atoms with Crippen LogP contribution in [0.5, 0.6) is 0 Å². The van der Waals surface area contributed by atoms with E-state index >= 15 is 0 Å². The molecular formula is C11H12ClFN4O. The monoisotopic (exact) mass is 270 g/mol. The largest absolute Gasteiger partial charge is 0.361 e. The topological polar surface area (TPSA) is 63.8 Å². The first-order chi connectivity index (χ1) is 8.49. The van der Waals surface area contributed by atoms with E-state index in [0.717, 1.165) is 17.5 Å². The molecule has 0 radical (unpaired) electrons. The number of hydrogen-bond acceptors (Lipinski definition) is 5. The number of nitrogens with zero attached hydrogens (tertiary/aromatic N) is 3. The average molecular weight is 271 g/mol. The van der Waals surface area contributed by atoms with E-state index in [9.17, 15) is 4.39 Å². The molecule has 1 atom stereocenters. The predicted octanol–water partition coefficient (Wildman–Crippen LogP) is 3.05. The van der Waals surface area contributed by atoms with Crippen LogP contribution in [0.1, 0.15) is 30.0 Å². The molecule has 0 fully saturated rings. The summed E-state index contributed by atoms with van der Waals surface area (Å²) < 4.78 is 18.6. The van der Waals surface area contributed by atoms with E-state index in [1.165, 1.54) is 0 Å². The Morgan fingerprint density at radius 2 is 2.17 bits per heavy atom. The fourth-order valence-electron chi connectivity index (χ4n) is 1.83. The van der Waals surface area contributed by atoms with Gasteiger partial charge in [-0.25, -0.2) is 9.37 Å². The maximum absolute atomic E-state index is 13.5. The number of hydrogen-bond donors (Lipinski definition) is 1. The lowest BCUT2D eigenvalue weighted by molar-refractivity contribution is 0.392. The Morgan fingerprint density at radius 3 is 2.78 bits per heavy atom. The minimum Gasteiger partial charge on any atom is -0.361 e. The zero-order chi connectivity index (χ0) is 13.3. The summed E-state index contributed by atoms with van der Waals surface area (Å²) in [5.74, 6) is 0.188. The van der Waals surface area contributed by atoms with Crippen molar-refractivity contribution in [3.8, 4) is 0 Å². The summed E-state index contributed by atoms with van der Waals surface area (Å²) in [5.41, 5.74) is 1.64. The van der Waals surface area contributed by atoms with Crippen molar-refractivity contribution >= 4 is 17.4 Å². The highest BCUT2D eigenvalue weighted by Crippen LogP contribution is 2.25. The van der Waals surface area contributed by atoms with Crippen LogP contribution < -0.4 is 5.32 Å². The third-order valence-electron chi connectivity index (χ3n) is 2.59. The van der Waals surface area contributed by atoms with Crippen molar-refractivity contribution in [3.63, 3.8) is 0 Å². The molecule has 0 aliphatic heterocycles. The molecule has 0 aliphatic rings. The van der Waals surface area contributed by atoms with Gasteiger partial charge in [-0.2, -0.15) is 4.98 Å². The van der Waals surface area contributed by atoms with E-state index in [0.29, 0.717) is 5.76 Å². The van der Waals surface area contributed by atoms with Gasteiger partial charge < -0.3 is 9.84 Å². The maximum atomic E-state index is 13.5. The van der Waals surface area contributed by atoms with Crippen LogP contribution in [0.4, 0.5) is 10.2 Å². The van der Waals surface area contributed by atoms with Crippen LogP contribution in [-0.2, 0) is 0 Å². The summed E-state index contributed by atoms with van der Waals surface area (Å²) in [7, 11) is 0. The Morgan fingerprint density at radius 1 is 1.44 bits per heavy atom. The van der Waals surface area contributed by atoms with Gasteiger partial charge >= 0.3 is 0 Å². The minimum atomic E-state index is -0.557. The molecule has 2 aromatic heterocycles. The first-order valence-corrected chi connectivity index (χ1v) is 5.74. The summed E-state index contributed by atoms with van der Waals surface area (Å²) in [6, 6.07) is -0.197. The molecule has 0 saturated heterocycles. The van der Waals surface area contributed by atoms with Gasteiger partial charge in [0, 0.05) is 5.56 Å². The predicted molar refractivity (Wildman–Crippen MR) is 65.0 cm³/mol. The molecule has 0 aliphatic carbocycles.